The highest BCUT2D eigenvalue weighted by atomic mass is 32.2. The molecule has 0 aromatic heterocycles. The molecule has 2 rings (SSSR count). The molecule has 1 unspecified atom stereocenters. The maximum absolute atomic E-state index is 12.3. The van der Waals surface area contributed by atoms with E-state index < -0.39 is 10.0 Å². The van der Waals surface area contributed by atoms with Gasteiger partial charge in [-0.3, -0.25) is 0 Å². The van der Waals surface area contributed by atoms with Gasteiger partial charge in [-0.2, -0.15) is 5.26 Å². The third-order valence-electron chi connectivity index (χ3n) is 3.65. The van der Waals surface area contributed by atoms with Gasteiger partial charge in [0.1, 0.15) is 0 Å². The van der Waals surface area contributed by atoms with Gasteiger partial charge in [-0.05, 0) is 36.5 Å². The maximum Gasteiger partial charge on any atom is 0.240 e. The van der Waals surface area contributed by atoms with Crippen molar-refractivity contribution in [3.8, 4) is 6.07 Å². The summed E-state index contributed by atoms with van der Waals surface area (Å²) in [7, 11) is -3.45. The molecule has 0 saturated heterocycles. The van der Waals surface area contributed by atoms with Crippen LogP contribution in [0, 0.1) is 17.2 Å². The van der Waals surface area contributed by atoms with Crippen molar-refractivity contribution in [3.05, 3.63) is 29.8 Å². The molecule has 1 aromatic rings. The fourth-order valence-electron chi connectivity index (χ4n) is 2.22. The molecule has 0 spiro atoms. The molecule has 0 bridgehead atoms. The number of nitriles is 1. The molecule has 1 atom stereocenters. The SMILES string of the molecule is CCC(CC1CC1)NS(=O)(=O)c1ccc(CC#N)cc1. The lowest BCUT2D eigenvalue weighted by molar-refractivity contribution is 0.495. The molecule has 1 aromatic carbocycles. The standard InChI is InChI=1S/C15H20N2O2S/c1-2-14(11-13-3-4-13)17-20(18,19)15-7-5-12(6-8-15)9-10-16/h5-8,13-14,17H,2-4,9,11H2,1H3. The molecule has 0 heterocycles. The van der Waals surface area contributed by atoms with Gasteiger partial charge in [0.2, 0.25) is 10.0 Å². The normalized spacial score (nSPS) is 16.6. The average molecular weight is 292 g/mol. The van der Waals surface area contributed by atoms with E-state index in [0.717, 1.165) is 18.4 Å². The summed E-state index contributed by atoms with van der Waals surface area (Å²) in [6.45, 7) is 2.01. The molecular formula is C15H20N2O2S. The van der Waals surface area contributed by atoms with Crippen LogP contribution in [0.1, 0.15) is 38.2 Å². The van der Waals surface area contributed by atoms with E-state index >= 15 is 0 Å². The third-order valence-corrected chi connectivity index (χ3v) is 5.18. The van der Waals surface area contributed by atoms with Gasteiger partial charge in [-0.1, -0.05) is 31.9 Å². The van der Waals surface area contributed by atoms with Crippen molar-refractivity contribution in [1.29, 1.82) is 5.26 Å². The van der Waals surface area contributed by atoms with Gasteiger partial charge in [0.25, 0.3) is 0 Å². The molecule has 1 aliphatic rings. The first-order valence-corrected chi connectivity index (χ1v) is 8.51. The highest BCUT2D eigenvalue weighted by Crippen LogP contribution is 2.34. The fraction of sp³-hybridized carbons (Fsp3) is 0.533. The molecule has 4 nitrogen and oxygen atoms in total. The molecule has 0 aliphatic heterocycles. The fourth-order valence-corrected chi connectivity index (χ4v) is 3.55. The van der Waals surface area contributed by atoms with Crippen molar-refractivity contribution in [2.75, 3.05) is 0 Å². The van der Waals surface area contributed by atoms with Crippen LogP contribution in [0.15, 0.2) is 29.2 Å². The van der Waals surface area contributed by atoms with E-state index in [1.54, 1.807) is 24.3 Å². The van der Waals surface area contributed by atoms with Crippen molar-refractivity contribution in [1.82, 2.24) is 4.72 Å². The lowest BCUT2D eigenvalue weighted by Crippen LogP contribution is -2.34. The van der Waals surface area contributed by atoms with Crippen LogP contribution >= 0.6 is 0 Å². The van der Waals surface area contributed by atoms with Crippen molar-refractivity contribution in [3.63, 3.8) is 0 Å². The molecule has 1 fully saturated rings. The van der Waals surface area contributed by atoms with Crippen LogP contribution in [0.25, 0.3) is 0 Å². The Hall–Kier alpha value is -1.38. The Bertz CT molecular complexity index is 583. The number of benzene rings is 1. The zero-order valence-corrected chi connectivity index (χ0v) is 12.5. The number of sulfonamides is 1. The molecule has 108 valence electrons. The Kier molecular flexibility index (Phi) is 4.79. The minimum absolute atomic E-state index is 0.0197. The van der Waals surface area contributed by atoms with Crippen molar-refractivity contribution >= 4 is 10.0 Å². The Balaban J connectivity index is 2.06. The summed E-state index contributed by atoms with van der Waals surface area (Å²) in [5.41, 5.74) is 0.830. The van der Waals surface area contributed by atoms with E-state index in [-0.39, 0.29) is 10.9 Å². The van der Waals surface area contributed by atoms with Crippen molar-refractivity contribution in [2.24, 2.45) is 5.92 Å². The molecule has 0 radical (unpaired) electrons. The summed E-state index contributed by atoms with van der Waals surface area (Å²) < 4.78 is 27.4. The van der Waals surface area contributed by atoms with E-state index in [0.29, 0.717) is 12.3 Å². The Morgan fingerprint density at radius 3 is 2.50 bits per heavy atom. The Morgan fingerprint density at radius 1 is 1.35 bits per heavy atom. The second-order valence-corrected chi connectivity index (χ2v) is 7.10. The van der Waals surface area contributed by atoms with Gasteiger partial charge in [0.15, 0.2) is 0 Å². The molecule has 0 amide bonds. The van der Waals surface area contributed by atoms with Gasteiger partial charge >= 0.3 is 0 Å². The zero-order valence-electron chi connectivity index (χ0n) is 11.7. The van der Waals surface area contributed by atoms with Crippen LogP contribution in [0.4, 0.5) is 0 Å². The van der Waals surface area contributed by atoms with Gasteiger partial charge < -0.3 is 0 Å². The van der Waals surface area contributed by atoms with Crippen LogP contribution < -0.4 is 4.72 Å². The summed E-state index contributed by atoms with van der Waals surface area (Å²) in [6, 6.07) is 8.59. The number of nitrogens with one attached hydrogen (secondary N) is 1. The summed E-state index contributed by atoms with van der Waals surface area (Å²) >= 11 is 0. The predicted octanol–water partition coefficient (Wildman–Crippen LogP) is 2.61. The smallest absolute Gasteiger partial charge is 0.208 e. The number of nitrogens with zero attached hydrogens (tertiary/aromatic N) is 1. The summed E-state index contributed by atoms with van der Waals surface area (Å²) in [6.07, 6.45) is 4.49. The molecule has 20 heavy (non-hydrogen) atoms. The topological polar surface area (TPSA) is 70.0 Å². The highest BCUT2D eigenvalue weighted by Gasteiger charge is 2.27. The molecule has 1 saturated carbocycles. The van der Waals surface area contributed by atoms with Gasteiger partial charge in [-0.25, -0.2) is 13.1 Å². The molecule has 5 heteroatoms. The summed E-state index contributed by atoms with van der Waals surface area (Å²) in [4.78, 5) is 0.272. The van der Waals surface area contributed by atoms with Crippen LogP contribution in [0.2, 0.25) is 0 Å². The van der Waals surface area contributed by atoms with E-state index in [1.165, 1.54) is 12.8 Å². The highest BCUT2D eigenvalue weighted by molar-refractivity contribution is 7.89. The Morgan fingerprint density at radius 2 is 2.00 bits per heavy atom. The second-order valence-electron chi connectivity index (χ2n) is 5.38. The minimum Gasteiger partial charge on any atom is -0.208 e. The third kappa shape index (κ3) is 4.06. The van der Waals surface area contributed by atoms with E-state index in [4.69, 9.17) is 5.26 Å². The largest absolute Gasteiger partial charge is 0.240 e. The van der Waals surface area contributed by atoms with Gasteiger partial charge in [0, 0.05) is 6.04 Å². The van der Waals surface area contributed by atoms with Crippen molar-refractivity contribution < 1.29 is 8.42 Å². The molecule has 1 N–H and O–H groups in total. The Labute approximate surface area is 120 Å². The van der Waals surface area contributed by atoms with Crippen LogP contribution in [-0.2, 0) is 16.4 Å². The molecular weight excluding hydrogens is 272 g/mol. The van der Waals surface area contributed by atoms with E-state index in [1.807, 2.05) is 13.0 Å². The maximum atomic E-state index is 12.3. The van der Waals surface area contributed by atoms with Crippen LogP contribution in [0.3, 0.4) is 0 Å². The summed E-state index contributed by atoms with van der Waals surface area (Å²) in [5, 5.41) is 8.61. The quantitative estimate of drug-likeness (QED) is 0.839. The monoisotopic (exact) mass is 292 g/mol. The average Bonchev–Trinajstić information content (AvgIpc) is 3.23. The first-order chi connectivity index (χ1) is 9.55. The van der Waals surface area contributed by atoms with E-state index in [9.17, 15) is 8.42 Å². The first kappa shape index (κ1) is 15.0. The number of rotatable bonds is 7. The lowest BCUT2D eigenvalue weighted by Gasteiger charge is -2.16. The van der Waals surface area contributed by atoms with Gasteiger partial charge in [0.05, 0.1) is 17.4 Å². The van der Waals surface area contributed by atoms with Crippen LogP contribution in [-0.4, -0.2) is 14.5 Å². The second kappa shape index (κ2) is 6.38. The number of hydrogen-bond acceptors (Lipinski definition) is 3. The van der Waals surface area contributed by atoms with Crippen molar-refractivity contribution in [2.45, 2.75) is 50.0 Å². The van der Waals surface area contributed by atoms with Gasteiger partial charge in [-0.15, -0.1) is 0 Å². The zero-order chi connectivity index (χ0) is 14.6. The van der Waals surface area contributed by atoms with Crippen LogP contribution in [0.5, 0.6) is 0 Å². The van der Waals surface area contributed by atoms with E-state index in [2.05, 4.69) is 4.72 Å². The number of hydrogen-bond donors (Lipinski definition) is 1. The first-order valence-electron chi connectivity index (χ1n) is 7.03. The minimum atomic E-state index is -3.45. The predicted molar refractivity (Wildman–Crippen MR) is 77.5 cm³/mol. The summed E-state index contributed by atoms with van der Waals surface area (Å²) in [5.74, 6) is 0.695. The lowest BCUT2D eigenvalue weighted by atomic mass is 10.1. The molecule has 1 aliphatic carbocycles.